The first kappa shape index (κ1) is 13.3. The molecule has 0 saturated carbocycles. The molecule has 0 spiro atoms. The molecule has 2 aromatic heterocycles. The molecule has 3 heterocycles. The number of hydrogen-bond acceptors (Lipinski definition) is 6. The summed E-state index contributed by atoms with van der Waals surface area (Å²) in [5, 5.41) is 12.1. The second-order valence-electron chi connectivity index (χ2n) is 5.17. The molecule has 7 nitrogen and oxygen atoms in total. The summed E-state index contributed by atoms with van der Waals surface area (Å²) in [6.07, 6.45) is 3.42. The minimum absolute atomic E-state index is 0.196. The van der Waals surface area contributed by atoms with E-state index in [2.05, 4.69) is 25.5 Å². The molecule has 0 amide bonds. The maximum absolute atomic E-state index is 5.98. The van der Waals surface area contributed by atoms with Crippen LogP contribution in [0, 0.1) is 0 Å². The highest BCUT2D eigenvalue weighted by Crippen LogP contribution is 2.22. The standard InChI is InChI=1S/C14H13ClN6O/c15-10-3-1-2-9(6-10)13-19-14(22-20-13)18-11-4-5-12-16-8-17-21(12)7-11/h1-3,6,8,11H,4-5,7H2,(H,18,19,20). The lowest BCUT2D eigenvalue weighted by atomic mass is 10.1. The zero-order valence-corrected chi connectivity index (χ0v) is 12.4. The Labute approximate surface area is 131 Å². The Balaban J connectivity index is 1.49. The quantitative estimate of drug-likeness (QED) is 0.799. The molecule has 1 aliphatic rings. The van der Waals surface area contributed by atoms with E-state index < -0.39 is 0 Å². The van der Waals surface area contributed by atoms with Gasteiger partial charge in [0.1, 0.15) is 12.2 Å². The second-order valence-corrected chi connectivity index (χ2v) is 5.61. The van der Waals surface area contributed by atoms with Crippen LogP contribution in [-0.4, -0.2) is 30.9 Å². The first-order valence-corrected chi connectivity index (χ1v) is 7.38. The fourth-order valence-corrected chi connectivity index (χ4v) is 2.75. The van der Waals surface area contributed by atoms with Crippen LogP contribution in [0.2, 0.25) is 5.02 Å². The molecule has 1 atom stereocenters. The topological polar surface area (TPSA) is 81.7 Å². The van der Waals surface area contributed by atoms with E-state index in [1.165, 1.54) is 0 Å². The van der Waals surface area contributed by atoms with Gasteiger partial charge in [-0.25, -0.2) is 9.67 Å². The SMILES string of the molecule is Clc1cccc(-c2noc(NC3CCc4ncnn4C3)n2)c1. The Bertz CT molecular complexity index is 798. The summed E-state index contributed by atoms with van der Waals surface area (Å²) in [4.78, 5) is 8.58. The number of nitrogens with zero attached hydrogens (tertiary/aromatic N) is 5. The van der Waals surface area contributed by atoms with Gasteiger partial charge in [-0.3, -0.25) is 0 Å². The Kier molecular flexibility index (Phi) is 3.27. The van der Waals surface area contributed by atoms with E-state index in [1.54, 1.807) is 12.4 Å². The molecule has 0 aliphatic carbocycles. The smallest absolute Gasteiger partial charge is 0.322 e. The third kappa shape index (κ3) is 2.55. The van der Waals surface area contributed by atoms with Crippen LogP contribution in [0.3, 0.4) is 0 Å². The molecule has 4 rings (SSSR count). The van der Waals surface area contributed by atoms with Gasteiger partial charge < -0.3 is 9.84 Å². The molecule has 0 saturated heterocycles. The van der Waals surface area contributed by atoms with Crippen molar-refractivity contribution < 1.29 is 4.52 Å². The predicted molar refractivity (Wildman–Crippen MR) is 80.5 cm³/mol. The summed E-state index contributed by atoms with van der Waals surface area (Å²) in [6, 6.07) is 7.96. The number of anilines is 1. The largest absolute Gasteiger partial charge is 0.333 e. The van der Waals surface area contributed by atoms with E-state index >= 15 is 0 Å². The van der Waals surface area contributed by atoms with E-state index in [0.29, 0.717) is 16.9 Å². The predicted octanol–water partition coefficient (Wildman–Crippen LogP) is 2.41. The molecule has 0 bridgehead atoms. The number of halogens is 1. The molecule has 1 unspecified atom stereocenters. The van der Waals surface area contributed by atoms with Crippen molar-refractivity contribution in [1.82, 2.24) is 24.9 Å². The van der Waals surface area contributed by atoms with Crippen LogP contribution in [0.1, 0.15) is 12.2 Å². The molecule has 3 aromatic rings. The first-order chi connectivity index (χ1) is 10.8. The van der Waals surface area contributed by atoms with Crippen LogP contribution in [-0.2, 0) is 13.0 Å². The molecule has 1 aliphatic heterocycles. The van der Waals surface area contributed by atoms with E-state index in [4.69, 9.17) is 16.1 Å². The van der Waals surface area contributed by atoms with Crippen molar-refractivity contribution in [2.75, 3.05) is 5.32 Å². The molecular formula is C14H13ClN6O. The van der Waals surface area contributed by atoms with Gasteiger partial charge in [-0.15, -0.1) is 0 Å². The summed E-state index contributed by atoms with van der Waals surface area (Å²) in [6.45, 7) is 0.740. The molecule has 8 heteroatoms. The molecule has 22 heavy (non-hydrogen) atoms. The molecule has 0 radical (unpaired) electrons. The minimum atomic E-state index is 0.196. The lowest BCUT2D eigenvalue weighted by molar-refractivity contribution is 0.400. The molecule has 112 valence electrons. The summed E-state index contributed by atoms with van der Waals surface area (Å²) in [5.41, 5.74) is 0.825. The second kappa shape index (κ2) is 5.42. The summed E-state index contributed by atoms with van der Waals surface area (Å²) < 4.78 is 7.17. The highest BCUT2D eigenvalue weighted by molar-refractivity contribution is 6.30. The van der Waals surface area contributed by atoms with Crippen molar-refractivity contribution in [3.05, 3.63) is 41.4 Å². The number of fused-ring (bicyclic) bond motifs is 1. The highest BCUT2D eigenvalue weighted by Gasteiger charge is 2.21. The first-order valence-electron chi connectivity index (χ1n) is 7.01. The molecule has 1 aromatic carbocycles. The number of aromatic nitrogens is 5. The van der Waals surface area contributed by atoms with Gasteiger partial charge in [-0.2, -0.15) is 10.1 Å². The van der Waals surface area contributed by atoms with Gasteiger partial charge >= 0.3 is 6.01 Å². The van der Waals surface area contributed by atoms with Gasteiger partial charge in [0.15, 0.2) is 0 Å². The number of nitrogens with one attached hydrogen (secondary N) is 1. The van der Waals surface area contributed by atoms with Crippen molar-refractivity contribution in [1.29, 1.82) is 0 Å². The molecular weight excluding hydrogens is 304 g/mol. The number of benzene rings is 1. The van der Waals surface area contributed by atoms with Gasteiger partial charge in [0.05, 0.1) is 12.6 Å². The van der Waals surface area contributed by atoms with Crippen LogP contribution < -0.4 is 5.32 Å². The van der Waals surface area contributed by atoms with Crippen molar-refractivity contribution in [2.45, 2.75) is 25.4 Å². The Morgan fingerprint density at radius 3 is 3.23 bits per heavy atom. The maximum Gasteiger partial charge on any atom is 0.322 e. The van der Waals surface area contributed by atoms with Crippen LogP contribution in [0.25, 0.3) is 11.4 Å². The molecule has 0 fully saturated rings. The zero-order chi connectivity index (χ0) is 14.9. The van der Waals surface area contributed by atoms with Crippen molar-refractivity contribution in [3.63, 3.8) is 0 Å². The van der Waals surface area contributed by atoms with Gasteiger partial charge in [0, 0.05) is 17.0 Å². The lowest BCUT2D eigenvalue weighted by Crippen LogP contribution is -2.32. The van der Waals surface area contributed by atoms with E-state index in [1.807, 2.05) is 22.9 Å². The third-order valence-electron chi connectivity index (χ3n) is 3.64. The minimum Gasteiger partial charge on any atom is -0.333 e. The van der Waals surface area contributed by atoms with Gasteiger partial charge in [0.25, 0.3) is 0 Å². The maximum atomic E-state index is 5.98. The van der Waals surface area contributed by atoms with Crippen LogP contribution in [0.15, 0.2) is 35.1 Å². The number of hydrogen-bond donors (Lipinski definition) is 1. The van der Waals surface area contributed by atoms with Crippen LogP contribution in [0.5, 0.6) is 0 Å². The molecule has 1 N–H and O–H groups in total. The fraction of sp³-hybridized carbons (Fsp3) is 0.286. The number of rotatable bonds is 3. The van der Waals surface area contributed by atoms with E-state index in [-0.39, 0.29) is 6.04 Å². The van der Waals surface area contributed by atoms with E-state index in [9.17, 15) is 0 Å². The van der Waals surface area contributed by atoms with Crippen molar-refractivity contribution in [3.8, 4) is 11.4 Å². The zero-order valence-electron chi connectivity index (χ0n) is 11.6. The summed E-state index contributed by atoms with van der Waals surface area (Å²) in [7, 11) is 0. The highest BCUT2D eigenvalue weighted by atomic mass is 35.5. The number of aryl methyl sites for hydroxylation is 1. The third-order valence-corrected chi connectivity index (χ3v) is 3.88. The van der Waals surface area contributed by atoms with Crippen LogP contribution >= 0.6 is 11.6 Å². The Morgan fingerprint density at radius 1 is 1.36 bits per heavy atom. The van der Waals surface area contributed by atoms with Crippen molar-refractivity contribution in [2.24, 2.45) is 0 Å². The average Bonchev–Trinajstić information content (AvgIpc) is 3.16. The van der Waals surface area contributed by atoms with Gasteiger partial charge in [-0.05, 0) is 18.6 Å². The summed E-state index contributed by atoms with van der Waals surface area (Å²) in [5.74, 6) is 1.53. The summed E-state index contributed by atoms with van der Waals surface area (Å²) >= 11 is 5.98. The van der Waals surface area contributed by atoms with Gasteiger partial charge in [0.2, 0.25) is 5.82 Å². The van der Waals surface area contributed by atoms with E-state index in [0.717, 1.165) is 30.8 Å². The average molecular weight is 317 g/mol. The fourth-order valence-electron chi connectivity index (χ4n) is 2.56. The lowest BCUT2D eigenvalue weighted by Gasteiger charge is -2.22. The normalized spacial score (nSPS) is 17.2. The monoisotopic (exact) mass is 316 g/mol. The Morgan fingerprint density at radius 2 is 2.32 bits per heavy atom. The van der Waals surface area contributed by atoms with Gasteiger partial charge in [-0.1, -0.05) is 28.9 Å². The van der Waals surface area contributed by atoms with Crippen LogP contribution in [0.4, 0.5) is 6.01 Å². The Hall–Kier alpha value is -2.41. The van der Waals surface area contributed by atoms with Crippen molar-refractivity contribution >= 4 is 17.6 Å².